The standard InChI is InChI=1S/C23H19BrN2O6S/c24-17-5-6-18(32-13-21(28)29)16(9-17)10-19-22(30)26(23(31)33-19)12-20(27)25-8-7-14-3-1-2-4-15(14)11-25/h1-6,9-10H,7-8,11-13H2,(H,28,29)/b19-10+. The summed E-state index contributed by atoms with van der Waals surface area (Å²) in [5.41, 5.74) is 2.70. The van der Waals surface area contributed by atoms with Crippen molar-refractivity contribution < 1.29 is 29.0 Å². The molecule has 4 rings (SSSR count). The summed E-state index contributed by atoms with van der Waals surface area (Å²) in [7, 11) is 0. The van der Waals surface area contributed by atoms with Crippen LogP contribution in [0.4, 0.5) is 4.79 Å². The van der Waals surface area contributed by atoms with Crippen molar-refractivity contribution >= 4 is 56.8 Å². The molecule has 0 spiro atoms. The molecule has 0 atom stereocenters. The number of aliphatic carboxylic acids is 1. The van der Waals surface area contributed by atoms with Gasteiger partial charge in [0.25, 0.3) is 11.1 Å². The van der Waals surface area contributed by atoms with Crippen LogP contribution in [-0.2, 0) is 27.3 Å². The van der Waals surface area contributed by atoms with Crippen LogP contribution in [0.1, 0.15) is 16.7 Å². The Labute approximate surface area is 202 Å². The average molecular weight is 531 g/mol. The highest BCUT2D eigenvalue weighted by atomic mass is 79.9. The maximum Gasteiger partial charge on any atom is 0.341 e. The number of carboxylic acids is 1. The molecule has 1 fully saturated rings. The van der Waals surface area contributed by atoms with E-state index in [1.54, 1.807) is 23.1 Å². The van der Waals surface area contributed by atoms with E-state index in [0.29, 0.717) is 23.1 Å². The van der Waals surface area contributed by atoms with Crippen molar-refractivity contribution in [3.05, 3.63) is 68.5 Å². The highest BCUT2D eigenvalue weighted by Gasteiger charge is 2.37. The maximum absolute atomic E-state index is 12.9. The first-order valence-corrected chi connectivity index (χ1v) is 11.7. The average Bonchev–Trinajstić information content (AvgIpc) is 3.05. The Morgan fingerprint density at radius 3 is 2.67 bits per heavy atom. The second-order valence-electron chi connectivity index (χ2n) is 7.47. The summed E-state index contributed by atoms with van der Waals surface area (Å²) >= 11 is 4.07. The molecular formula is C23H19BrN2O6S. The fourth-order valence-electron chi connectivity index (χ4n) is 3.62. The number of benzene rings is 2. The van der Waals surface area contributed by atoms with Crippen LogP contribution in [0.25, 0.3) is 6.08 Å². The van der Waals surface area contributed by atoms with Crippen LogP contribution in [0.15, 0.2) is 51.8 Å². The van der Waals surface area contributed by atoms with Crippen LogP contribution in [0, 0.1) is 0 Å². The molecule has 0 aliphatic carbocycles. The van der Waals surface area contributed by atoms with E-state index in [-0.39, 0.29) is 23.1 Å². The van der Waals surface area contributed by atoms with Gasteiger partial charge in [-0.3, -0.25) is 19.3 Å². The minimum atomic E-state index is -1.14. The number of hydrogen-bond donors (Lipinski definition) is 1. The van der Waals surface area contributed by atoms with Crippen LogP contribution in [-0.4, -0.2) is 57.6 Å². The molecule has 8 nitrogen and oxygen atoms in total. The molecule has 2 heterocycles. The topological polar surface area (TPSA) is 104 Å². The molecule has 0 bridgehead atoms. The molecule has 1 saturated heterocycles. The number of carbonyl (C=O) groups is 4. The number of fused-ring (bicyclic) bond motifs is 1. The number of thioether (sulfide) groups is 1. The van der Waals surface area contributed by atoms with E-state index < -0.39 is 23.7 Å². The molecule has 2 aliphatic rings. The van der Waals surface area contributed by atoms with Crippen molar-refractivity contribution in [2.75, 3.05) is 19.7 Å². The normalized spacial score (nSPS) is 16.8. The zero-order valence-electron chi connectivity index (χ0n) is 17.3. The molecule has 33 heavy (non-hydrogen) atoms. The number of rotatable bonds is 6. The molecular weight excluding hydrogens is 512 g/mol. The zero-order chi connectivity index (χ0) is 23.5. The van der Waals surface area contributed by atoms with Crippen molar-refractivity contribution in [1.29, 1.82) is 0 Å². The van der Waals surface area contributed by atoms with E-state index in [1.807, 2.05) is 24.3 Å². The zero-order valence-corrected chi connectivity index (χ0v) is 19.7. The fraction of sp³-hybridized carbons (Fsp3) is 0.217. The summed E-state index contributed by atoms with van der Waals surface area (Å²) in [4.78, 5) is 51.8. The van der Waals surface area contributed by atoms with Crippen molar-refractivity contribution in [1.82, 2.24) is 9.80 Å². The molecule has 0 unspecified atom stereocenters. The van der Waals surface area contributed by atoms with Gasteiger partial charge in [-0.2, -0.15) is 0 Å². The first-order valence-electron chi connectivity index (χ1n) is 10.1. The predicted octanol–water partition coefficient (Wildman–Crippen LogP) is 3.53. The van der Waals surface area contributed by atoms with E-state index >= 15 is 0 Å². The molecule has 2 aromatic rings. The largest absolute Gasteiger partial charge is 0.481 e. The SMILES string of the molecule is O=C(O)COc1ccc(Br)cc1/C=C1/SC(=O)N(CC(=O)N2CCc3ccccc3C2)C1=O. The maximum atomic E-state index is 12.9. The molecule has 0 aromatic heterocycles. The quantitative estimate of drug-likeness (QED) is 0.569. The van der Waals surface area contributed by atoms with Crippen molar-refractivity contribution in [2.24, 2.45) is 0 Å². The molecule has 2 aliphatic heterocycles. The smallest absolute Gasteiger partial charge is 0.341 e. The van der Waals surface area contributed by atoms with Crippen LogP contribution in [0.5, 0.6) is 5.75 Å². The number of ether oxygens (including phenoxy) is 1. The third kappa shape index (κ3) is 5.28. The second-order valence-corrected chi connectivity index (χ2v) is 9.38. The number of carbonyl (C=O) groups excluding carboxylic acids is 3. The van der Waals surface area contributed by atoms with Gasteiger partial charge in [-0.15, -0.1) is 0 Å². The van der Waals surface area contributed by atoms with Gasteiger partial charge in [-0.1, -0.05) is 40.2 Å². The Hall–Kier alpha value is -3.11. The predicted molar refractivity (Wildman–Crippen MR) is 126 cm³/mol. The number of imide groups is 1. The lowest BCUT2D eigenvalue weighted by Gasteiger charge is -2.29. The third-order valence-corrected chi connectivity index (χ3v) is 6.66. The van der Waals surface area contributed by atoms with Gasteiger partial charge in [-0.25, -0.2) is 4.79 Å². The van der Waals surface area contributed by atoms with Gasteiger partial charge in [-0.05, 0) is 53.6 Å². The van der Waals surface area contributed by atoms with Crippen LogP contribution in [0.3, 0.4) is 0 Å². The van der Waals surface area contributed by atoms with E-state index in [9.17, 15) is 19.2 Å². The Kier molecular flexibility index (Phi) is 6.85. The summed E-state index contributed by atoms with van der Waals surface area (Å²) < 4.78 is 5.97. The van der Waals surface area contributed by atoms with Gasteiger partial charge < -0.3 is 14.7 Å². The molecule has 1 N–H and O–H groups in total. The molecule has 170 valence electrons. The van der Waals surface area contributed by atoms with Gasteiger partial charge >= 0.3 is 5.97 Å². The van der Waals surface area contributed by atoms with Crippen LogP contribution < -0.4 is 4.74 Å². The minimum Gasteiger partial charge on any atom is -0.481 e. The minimum absolute atomic E-state index is 0.134. The van der Waals surface area contributed by atoms with E-state index in [0.717, 1.165) is 28.6 Å². The highest BCUT2D eigenvalue weighted by Crippen LogP contribution is 2.35. The van der Waals surface area contributed by atoms with Crippen LogP contribution in [0.2, 0.25) is 0 Å². The Morgan fingerprint density at radius 2 is 1.91 bits per heavy atom. The Morgan fingerprint density at radius 1 is 1.15 bits per heavy atom. The number of halogens is 1. The molecule has 2 aromatic carbocycles. The summed E-state index contributed by atoms with van der Waals surface area (Å²) in [6, 6.07) is 12.8. The molecule has 0 saturated carbocycles. The van der Waals surface area contributed by atoms with Gasteiger partial charge in [0.1, 0.15) is 12.3 Å². The first-order chi connectivity index (χ1) is 15.8. The molecule has 10 heteroatoms. The summed E-state index contributed by atoms with van der Waals surface area (Å²) in [5, 5.41) is 8.34. The van der Waals surface area contributed by atoms with E-state index in [4.69, 9.17) is 9.84 Å². The Balaban J connectivity index is 1.48. The highest BCUT2D eigenvalue weighted by molar-refractivity contribution is 9.10. The van der Waals surface area contributed by atoms with E-state index in [2.05, 4.69) is 15.9 Å². The third-order valence-electron chi connectivity index (χ3n) is 5.26. The van der Waals surface area contributed by atoms with Gasteiger partial charge in [0, 0.05) is 23.1 Å². The van der Waals surface area contributed by atoms with Crippen molar-refractivity contribution in [2.45, 2.75) is 13.0 Å². The lowest BCUT2D eigenvalue weighted by molar-refractivity contribution is -0.139. The fourth-order valence-corrected chi connectivity index (χ4v) is 4.83. The summed E-state index contributed by atoms with van der Waals surface area (Å²) in [5.74, 6) is -1.74. The van der Waals surface area contributed by atoms with Gasteiger partial charge in [0.2, 0.25) is 5.91 Å². The number of nitrogens with zero attached hydrogens (tertiary/aromatic N) is 2. The number of carboxylic acid groups (broad SMARTS) is 1. The van der Waals surface area contributed by atoms with E-state index in [1.165, 1.54) is 11.6 Å². The monoisotopic (exact) mass is 530 g/mol. The molecule has 3 amide bonds. The number of hydrogen-bond acceptors (Lipinski definition) is 6. The van der Waals surface area contributed by atoms with Crippen molar-refractivity contribution in [3.8, 4) is 5.75 Å². The number of amides is 3. The van der Waals surface area contributed by atoms with Gasteiger partial charge in [0.05, 0.1) is 4.91 Å². The van der Waals surface area contributed by atoms with Crippen molar-refractivity contribution in [3.63, 3.8) is 0 Å². The lowest BCUT2D eigenvalue weighted by Crippen LogP contribution is -2.44. The second kappa shape index (κ2) is 9.80. The first kappa shape index (κ1) is 23.1. The Bertz CT molecular complexity index is 1180. The summed E-state index contributed by atoms with van der Waals surface area (Å²) in [6.45, 7) is 0.107. The van der Waals surface area contributed by atoms with Crippen LogP contribution >= 0.6 is 27.7 Å². The van der Waals surface area contributed by atoms with Gasteiger partial charge in [0.15, 0.2) is 6.61 Å². The lowest BCUT2D eigenvalue weighted by atomic mass is 10.00. The molecule has 0 radical (unpaired) electrons. The summed E-state index contributed by atoms with van der Waals surface area (Å²) in [6.07, 6.45) is 2.19.